The number of nitrogens with one attached hydrogen (secondary N) is 1. The number of carbonyl (C=O) groups excluding carboxylic acids is 2. The molecule has 0 aliphatic rings. The summed E-state index contributed by atoms with van der Waals surface area (Å²) < 4.78 is 5.05. The summed E-state index contributed by atoms with van der Waals surface area (Å²) in [7, 11) is 0. The molecule has 0 fully saturated rings. The van der Waals surface area contributed by atoms with Crippen molar-refractivity contribution in [2.24, 2.45) is 5.73 Å². The molecule has 3 N–H and O–H groups in total. The highest BCUT2D eigenvalue weighted by Gasteiger charge is 2.11. The third-order valence-electron chi connectivity index (χ3n) is 3.32. The van der Waals surface area contributed by atoms with Gasteiger partial charge >= 0.3 is 6.09 Å². The van der Waals surface area contributed by atoms with Gasteiger partial charge in [0.2, 0.25) is 5.91 Å². The molecule has 2 aromatic carbocycles. The van der Waals surface area contributed by atoms with Crippen LogP contribution in [0.3, 0.4) is 0 Å². The Labute approximate surface area is 149 Å². The van der Waals surface area contributed by atoms with Gasteiger partial charge in [-0.05, 0) is 17.2 Å². The number of nitro groups is 1. The van der Waals surface area contributed by atoms with Crippen LogP contribution in [0.4, 0.5) is 10.5 Å². The van der Waals surface area contributed by atoms with Gasteiger partial charge in [-0.1, -0.05) is 42.5 Å². The summed E-state index contributed by atoms with van der Waals surface area (Å²) in [6.45, 7) is 0.311. The summed E-state index contributed by atoms with van der Waals surface area (Å²) in [4.78, 5) is 33.1. The molecule has 134 valence electrons. The summed E-state index contributed by atoms with van der Waals surface area (Å²) >= 11 is 0. The first-order chi connectivity index (χ1) is 12.5. The minimum absolute atomic E-state index is 0.0362. The number of ether oxygens (including phenoxy) is 1. The van der Waals surface area contributed by atoms with Crippen LogP contribution in [-0.4, -0.2) is 23.5 Å². The van der Waals surface area contributed by atoms with E-state index in [1.165, 1.54) is 18.2 Å². The van der Waals surface area contributed by atoms with Gasteiger partial charge in [0.25, 0.3) is 5.69 Å². The summed E-state index contributed by atoms with van der Waals surface area (Å²) in [5.74, 6) is -0.758. The first-order valence-electron chi connectivity index (χ1n) is 7.66. The molecule has 0 aromatic heterocycles. The molecule has 0 radical (unpaired) electrons. The van der Waals surface area contributed by atoms with Crippen LogP contribution in [-0.2, 0) is 11.3 Å². The number of amides is 2. The number of nitro benzene ring substituents is 1. The summed E-state index contributed by atoms with van der Waals surface area (Å²) in [6.07, 6.45) is 2.53. The highest BCUT2D eigenvalue weighted by molar-refractivity contribution is 5.94. The number of nitrogens with zero attached hydrogens (tertiary/aromatic N) is 1. The SMILES string of the molecule is NC(=O)c1cc(C=CCNC(=O)OCc2ccccc2)cc([N+](=O)[O-])c1. The Bertz CT molecular complexity index is 802. The lowest BCUT2D eigenvalue weighted by atomic mass is 10.1. The van der Waals surface area contributed by atoms with Gasteiger partial charge in [0.05, 0.1) is 4.92 Å². The molecule has 8 heteroatoms. The van der Waals surface area contributed by atoms with Gasteiger partial charge in [0.15, 0.2) is 0 Å². The average Bonchev–Trinajstić information content (AvgIpc) is 2.64. The molecule has 0 saturated heterocycles. The van der Waals surface area contributed by atoms with Gasteiger partial charge in [-0.25, -0.2) is 4.79 Å². The second-order valence-electron chi connectivity index (χ2n) is 5.28. The molecule has 2 aromatic rings. The van der Waals surface area contributed by atoms with E-state index in [4.69, 9.17) is 10.5 Å². The van der Waals surface area contributed by atoms with Crippen molar-refractivity contribution in [3.8, 4) is 0 Å². The Kier molecular flexibility index (Phi) is 6.44. The number of benzene rings is 2. The fourth-order valence-electron chi connectivity index (χ4n) is 2.09. The molecule has 8 nitrogen and oxygen atoms in total. The maximum Gasteiger partial charge on any atom is 0.407 e. The van der Waals surface area contributed by atoms with Crippen molar-refractivity contribution in [3.63, 3.8) is 0 Å². The molecule has 0 bridgehead atoms. The molecular formula is C18H17N3O5. The second kappa shape index (κ2) is 8.97. The number of carbonyl (C=O) groups is 2. The molecule has 0 heterocycles. The van der Waals surface area contributed by atoms with Gasteiger partial charge in [-0.15, -0.1) is 0 Å². The minimum atomic E-state index is -0.758. The topological polar surface area (TPSA) is 125 Å². The fraction of sp³-hybridized carbons (Fsp3) is 0.111. The first-order valence-corrected chi connectivity index (χ1v) is 7.66. The van der Waals surface area contributed by atoms with Crippen molar-refractivity contribution in [1.82, 2.24) is 5.32 Å². The molecule has 2 amide bonds. The van der Waals surface area contributed by atoms with Crippen LogP contribution >= 0.6 is 0 Å². The minimum Gasteiger partial charge on any atom is -0.445 e. The highest BCUT2D eigenvalue weighted by Crippen LogP contribution is 2.18. The normalized spacial score (nSPS) is 10.5. The smallest absolute Gasteiger partial charge is 0.407 e. The molecule has 0 atom stereocenters. The van der Waals surface area contributed by atoms with E-state index in [9.17, 15) is 19.7 Å². The molecule has 0 aliphatic carbocycles. The Hall–Kier alpha value is -3.68. The van der Waals surface area contributed by atoms with Gasteiger partial charge < -0.3 is 15.8 Å². The molecule has 0 saturated carbocycles. The van der Waals surface area contributed by atoms with Crippen LogP contribution in [0.1, 0.15) is 21.5 Å². The van der Waals surface area contributed by atoms with E-state index in [2.05, 4.69) is 5.32 Å². The molecule has 26 heavy (non-hydrogen) atoms. The third-order valence-corrected chi connectivity index (χ3v) is 3.32. The Morgan fingerprint density at radius 2 is 1.92 bits per heavy atom. The number of nitrogens with two attached hydrogens (primary N) is 1. The summed E-state index contributed by atoms with van der Waals surface area (Å²) in [5, 5.41) is 13.4. The molecule has 0 spiro atoms. The monoisotopic (exact) mass is 355 g/mol. The van der Waals surface area contributed by atoms with Gasteiger partial charge in [-0.3, -0.25) is 14.9 Å². The number of hydrogen-bond donors (Lipinski definition) is 2. The molecule has 0 unspecified atom stereocenters. The number of primary amides is 1. The zero-order valence-electron chi connectivity index (χ0n) is 13.8. The van der Waals surface area contributed by atoms with Gasteiger partial charge in [0, 0.05) is 24.2 Å². The van der Waals surface area contributed by atoms with Crippen LogP contribution in [0.15, 0.2) is 54.6 Å². The predicted molar refractivity (Wildman–Crippen MR) is 95.3 cm³/mol. The highest BCUT2D eigenvalue weighted by atomic mass is 16.6. The lowest BCUT2D eigenvalue weighted by molar-refractivity contribution is -0.384. The van der Waals surface area contributed by atoms with Crippen LogP contribution in [0, 0.1) is 10.1 Å². The van der Waals surface area contributed by atoms with Crippen molar-refractivity contribution in [2.75, 3.05) is 6.54 Å². The van der Waals surface area contributed by atoms with Crippen LogP contribution in [0.2, 0.25) is 0 Å². The number of alkyl carbamates (subject to hydrolysis) is 1. The van der Waals surface area contributed by atoms with E-state index in [1.54, 1.807) is 6.08 Å². The van der Waals surface area contributed by atoms with Crippen LogP contribution in [0.5, 0.6) is 0 Å². The Balaban J connectivity index is 1.88. The van der Waals surface area contributed by atoms with Crippen molar-refractivity contribution in [1.29, 1.82) is 0 Å². The maximum absolute atomic E-state index is 11.6. The maximum atomic E-state index is 11.6. The zero-order chi connectivity index (χ0) is 18.9. The molecule has 2 rings (SSSR count). The van der Waals surface area contributed by atoms with Gasteiger partial charge in [-0.2, -0.15) is 0 Å². The van der Waals surface area contributed by atoms with Crippen LogP contribution in [0.25, 0.3) is 6.08 Å². The summed E-state index contributed by atoms with van der Waals surface area (Å²) in [5.41, 5.74) is 6.26. The number of non-ortho nitro benzene ring substituents is 1. The first kappa shape index (κ1) is 18.7. The van der Waals surface area contributed by atoms with Crippen LogP contribution < -0.4 is 11.1 Å². The molecule has 0 aliphatic heterocycles. The van der Waals surface area contributed by atoms with E-state index in [-0.39, 0.29) is 24.4 Å². The number of rotatable bonds is 7. The van der Waals surface area contributed by atoms with Crippen molar-refractivity contribution >= 4 is 23.8 Å². The zero-order valence-corrected chi connectivity index (χ0v) is 13.8. The van der Waals surface area contributed by atoms with Crippen molar-refractivity contribution in [3.05, 3.63) is 81.4 Å². The average molecular weight is 355 g/mol. The quantitative estimate of drug-likeness (QED) is 0.583. The predicted octanol–water partition coefficient (Wildman–Crippen LogP) is 2.63. The lowest BCUT2D eigenvalue weighted by Crippen LogP contribution is -2.24. The van der Waals surface area contributed by atoms with Gasteiger partial charge in [0.1, 0.15) is 6.61 Å². The van der Waals surface area contributed by atoms with Crippen molar-refractivity contribution < 1.29 is 19.2 Å². The Morgan fingerprint density at radius 1 is 1.19 bits per heavy atom. The molecular weight excluding hydrogens is 338 g/mol. The second-order valence-corrected chi connectivity index (χ2v) is 5.28. The van der Waals surface area contributed by atoms with E-state index in [0.717, 1.165) is 11.6 Å². The number of hydrogen-bond acceptors (Lipinski definition) is 5. The van der Waals surface area contributed by atoms with E-state index >= 15 is 0 Å². The van der Waals surface area contributed by atoms with E-state index in [0.29, 0.717) is 5.56 Å². The lowest BCUT2D eigenvalue weighted by Gasteiger charge is -2.05. The summed E-state index contributed by atoms with van der Waals surface area (Å²) in [6, 6.07) is 13.1. The van der Waals surface area contributed by atoms with E-state index in [1.807, 2.05) is 30.3 Å². The fourth-order valence-corrected chi connectivity index (χ4v) is 2.09. The standard InChI is InChI=1S/C18H17N3O5/c19-17(22)15-9-14(10-16(11-15)21(24)25)7-4-8-20-18(23)26-12-13-5-2-1-3-6-13/h1-7,9-11H,8,12H2,(H2,19,22)(H,20,23). The van der Waals surface area contributed by atoms with Crippen molar-refractivity contribution in [2.45, 2.75) is 6.61 Å². The third kappa shape index (κ3) is 5.75. The largest absolute Gasteiger partial charge is 0.445 e. The Morgan fingerprint density at radius 3 is 2.58 bits per heavy atom. The van der Waals surface area contributed by atoms with E-state index < -0.39 is 16.9 Å².